The van der Waals surface area contributed by atoms with Crippen LogP contribution in [0.5, 0.6) is 5.75 Å². The van der Waals surface area contributed by atoms with Crippen molar-refractivity contribution in [3.8, 4) is 5.75 Å². The van der Waals surface area contributed by atoms with E-state index in [1.807, 2.05) is 42.5 Å². The van der Waals surface area contributed by atoms with E-state index in [-0.39, 0.29) is 23.1 Å². The number of methoxy groups -OCH3 is 1. The van der Waals surface area contributed by atoms with Gasteiger partial charge in [0.15, 0.2) is 11.6 Å². The van der Waals surface area contributed by atoms with Gasteiger partial charge in [0.25, 0.3) is 0 Å². The van der Waals surface area contributed by atoms with Crippen molar-refractivity contribution in [1.82, 2.24) is 9.97 Å². The van der Waals surface area contributed by atoms with Gasteiger partial charge < -0.3 is 25.0 Å². The first-order valence-corrected chi connectivity index (χ1v) is 11.9. The van der Waals surface area contributed by atoms with Gasteiger partial charge in [0, 0.05) is 30.7 Å². The van der Waals surface area contributed by atoms with Gasteiger partial charge in [-0.1, -0.05) is 12.6 Å². The second-order valence-corrected chi connectivity index (χ2v) is 8.96. The fourth-order valence-electron chi connectivity index (χ4n) is 4.53. The number of anilines is 5. The highest BCUT2D eigenvalue weighted by molar-refractivity contribution is 6.02. The molecule has 1 saturated carbocycles. The number of nitrogens with zero attached hydrogens (tertiary/aromatic N) is 3. The molecule has 186 valence electrons. The summed E-state index contributed by atoms with van der Waals surface area (Å²) < 4.78 is 25.1. The number of ether oxygens (including phenoxy) is 2. The number of nitrogens with one attached hydrogen (secondary N) is 2. The molecule has 2 aliphatic rings. The first-order valence-electron chi connectivity index (χ1n) is 11.9. The number of rotatable bonds is 9. The van der Waals surface area contributed by atoms with E-state index in [0.29, 0.717) is 31.2 Å². The summed E-state index contributed by atoms with van der Waals surface area (Å²) >= 11 is 0. The molecule has 1 aliphatic heterocycles. The molecule has 1 spiro atoms. The summed E-state index contributed by atoms with van der Waals surface area (Å²) in [6.45, 7) is 5.25. The van der Waals surface area contributed by atoms with Crippen LogP contribution in [0.15, 0.2) is 61.3 Å². The zero-order valence-corrected chi connectivity index (χ0v) is 20.1. The summed E-state index contributed by atoms with van der Waals surface area (Å²) in [7, 11) is 1.62. The molecule has 8 nitrogen and oxygen atoms in total. The van der Waals surface area contributed by atoms with Crippen LogP contribution < -0.4 is 20.3 Å². The van der Waals surface area contributed by atoms with Gasteiger partial charge in [-0.2, -0.15) is 4.98 Å². The van der Waals surface area contributed by atoms with Gasteiger partial charge in [0.05, 0.1) is 12.8 Å². The fourth-order valence-corrected chi connectivity index (χ4v) is 4.53. The lowest BCUT2D eigenvalue weighted by molar-refractivity contribution is -0.114. The van der Waals surface area contributed by atoms with E-state index in [4.69, 9.17) is 9.47 Å². The number of carbonyl (C=O) groups is 1. The van der Waals surface area contributed by atoms with Crippen LogP contribution in [0.25, 0.3) is 0 Å². The monoisotopic (exact) mass is 489 g/mol. The predicted octanol–water partition coefficient (Wildman–Crippen LogP) is 5.08. The molecule has 36 heavy (non-hydrogen) atoms. The molecule has 1 aliphatic carbocycles. The normalized spacial score (nSPS) is 15.2. The number of halogens is 1. The largest absolute Gasteiger partial charge is 0.491 e. The van der Waals surface area contributed by atoms with Crippen molar-refractivity contribution in [1.29, 1.82) is 0 Å². The van der Waals surface area contributed by atoms with Crippen LogP contribution in [0.2, 0.25) is 0 Å². The Labute approximate surface area is 209 Å². The molecule has 9 heteroatoms. The number of hydrogen-bond donors (Lipinski definition) is 2. The summed E-state index contributed by atoms with van der Waals surface area (Å²) in [6.07, 6.45) is 5.64. The molecule has 5 rings (SSSR count). The summed E-state index contributed by atoms with van der Waals surface area (Å²) in [6, 6.07) is 13.1. The van der Waals surface area contributed by atoms with Crippen LogP contribution in [0, 0.1) is 5.82 Å². The lowest BCUT2D eigenvalue weighted by Crippen LogP contribution is -2.37. The Balaban J connectivity index is 1.33. The predicted molar refractivity (Wildman–Crippen MR) is 137 cm³/mol. The van der Waals surface area contributed by atoms with Gasteiger partial charge >= 0.3 is 0 Å². The van der Waals surface area contributed by atoms with Gasteiger partial charge in [-0.3, -0.25) is 4.79 Å². The van der Waals surface area contributed by atoms with Gasteiger partial charge in [-0.25, -0.2) is 9.37 Å². The molecule has 3 aromatic rings. The molecule has 0 atom stereocenters. The number of carbonyl (C=O) groups excluding carboxylic acids is 1. The molecule has 0 saturated heterocycles. The number of hydrogen-bond acceptors (Lipinski definition) is 7. The van der Waals surface area contributed by atoms with Gasteiger partial charge in [0.2, 0.25) is 11.9 Å². The summed E-state index contributed by atoms with van der Waals surface area (Å²) in [5.74, 6) is 0.261. The Hall–Kier alpha value is -3.98. The third-order valence-electron chi connectivity index (χ3n) is 6.64. The SMILES string of the molecule is C=CC(=O)N1CCC2(CC2)c2ccc(Nc3nc(Nc4ccc(OCCOC)cc4)ncc3F)cc21. The van der Waals surface area contributed by atoms with Crippen molar-refractivity contribution < 1.29 is 18.7 Å². The lowest BCUT2D eigenvalue weighted by atomic mass is 9.86. The van der Waals surface area contributed by atoms with Crippen LogP contribution in [0.3, 0.4) is 0 Å². The minimum atomic E-state index is -0.585. The highest BCUT2D eigenvalue weighted by Gasteiger charge is 2.49. The topological polar surface area (TPSA) is 88.6 Å². The first-order chi connectivity index (χ1) is 17.5. The van der Waals surface area contributed by atoms with E-state index in [0.717, 1.165) is 42.4 Å². The fraction of sp³-hybridized carbons (Fsp3) is 0.296. The number of benzene rings is 2. The number of fused-ring (bicyclic) bond motifs is 2. The van der Waals surface area contributed by atoms with E-state index in [1.54, 1.807) is 12.0 Å². The summed E-state index contributed by atoms with van der Waals surface area (Å²) in [5, 5.41) is 6.13. The van der Waals surface area contributed by atoms with Crippen molar-refractivity contribution in [2.24, 2.45) is 0 Å². The second-order valence-electron chi connectivity index (χ2n) is 8.96. The van der Waals surface area contributed by atoms with Gasteiger partial charge in [-0.15, -0.1) is 0 Å². The first kappa shape index (κ1) is 23.7. The van der Waals surface area contributed by atoms with E-state index in [9.17, 15) is 9.18 Å². The Morgan fingerprint density at radius 3 is 2.64 bits per heavy atom. The van der Waals surface area contributed by atoms with Crippen molar-refractivity contribution >= 4 is 34.7 Å². The third-order valence-corrected chi connectivity index (χ3v) is 6.64. The summed E-state index contributed by atoms with van der Waals surface area (Å²) in [4.78, 5) is 22.6. The van der Waals surface area contributed by atoms with Crippen molar-refractivity contribution in [2.45, 2.75) is 24.7 Å². The molecule has 2 aromatic carbocycles. The highest BCUT2D eigenvalue weighted by atomic mass is 19.1. The molecule has 1 aromatic heterocycles. The number of aromatic nitrogens is 2. The minimum absolute atomic E-state index is 0.0329. The van der Waals surface area contributed by atoms with Crippen LogP contribution in [0.4, 0.5) is 33.2 Å². The summed E-state index contributed by atoms with van der Waals surface area (Å²) in [5.41, 5.74) is 3.53. The van der Waals surface area contributed by atoms with E-state index >= 15 is 0 Å². The molecule has 2 heterocycles. The Kier molecular flexibility index (Phi) is 6.56. The van der Waals surface area contributed by atoms with Crippen LogP contribution in [-0.2, 0) is 14.9 Å². The van der Waals surface area contributed by atoms with Gasteiger partial charge in [-0.05, 0) is 72.7 Å². The zero-order valence-electron chi connectivity index (χ0n) is 20.1. The quantitative estimate of drug-likeness (QED) is 0.320. The van der Waals surface area contributed by atoms with Crippen molar-refractivity contribution in [3.05, 3.63) is 72.7 Å². The average molecular weight is 490 g/mol. The number of amides is 1. The van der Waals surface area contributed by atoms with Crippen LogP contribution >= 0.6 is 0 Å². The maximum Gasteiger partial charge on any atom is 0.250 e. The lowest BCUT2D eigenvalue weighted by Gasteiger charge is -2.34. The minimum Gasteiger partial charge on any atom is -0.491 e. The highest BCUT2D eigenvalue weighted by Crippen LogP contribution is 2.56. The zero-order chi connectivity index (χ0) is 25.1. The molecular weight excluding hydrogens is 461 g/mol. The molecule has 2 N–H and O–H groups in total. The smallest absolute Gasteiger partial charge is 0.250 e. The van der Waals surface area contributed by atoms with Crippen LogP contribution in [-0.4, -0.2) is 42.7 Å². The molecule has 1 amide bonds. The molecular formula is C27H28FN5O3. The molecule has 0 unspecified atom stereocenters. The third kappa shape index (κ3) is 4.87. The Morgan fingerprint density at radius 2 is 1.92 bits per heavy atom. The van der Waals surface area contributed by atoms with E-state index in [1.165, 1.54) is 6.08 Å². The van der Waals surface area contributed by atoms with E-state index in [2.05, 4.69) is 27.2 Å². The van der Waals surface area contributed by atoms with Crippen molar-refractivity contribution in [3.63, 3.8) is 0 Å². The second kappa shape index (κ2) is 9.94. The molecule has 0 bridgehead atoms. The average Bonchev–Trinajstić information content (AvgIpc) is 3.67. The maximum absolute atomic E-state index is 14.6. The molecule has 0 radical (unpaired) electrons. The van der Waals surface area contributed by atoms with Crippen LogP contribution in [0.1, 0.15) is 24.8 Å². The standard InChI is InChI=1S/C27H28FN5O3/c1-3-24(34)33-13-12-27(10-11-27)21-9-6-19(16-23(21)33)30-25-22(28)17-29-26(32-25)31-18-4-7-20(8-5-18)36-15-14-35-2/h3-9,16-17H,1,10-15H2,2H3,(H2,29,30,31,32). The molecule has 1 fully saturated rings. The Bertz CT molecular complexity index is 1280. The van der Waals surface area contributed by atoms with Crippen molar-refractivity contribution in [2.75, 3.05) is 42.4 Å². The van der Waals surface area contributed by atoms with E-state index < -0.39 is 5.82 Å². The van der Waals surface area contributed by atoms with Gasteiger partial charge in [0.1, 0.15) is 12.4 Å². The Morgan fingerprint density at radius 1 is 1.14 bits per heavy atom. The maximum atomic E-state index is 14.6.